The lowest BCUT2D eigenvalue weighted by molar-refractivity contribution is 0.248. The lowest BCUT2D eigenvalue weighted by Gasteiger charge is -2.22. The fraction of sp³-hybridized carbons (Fsp3) is 1.00. The molecule has 0 aromatic rings. The summed E-state index contributed by atoms with van der Waals surface area (Å²) < 4.78 is 10.8. The molecule has 0 fully saturated rings. The lowest BCUT2D eigenvalue weighted by atomic mass is 10.2. The second kappa shape index (κ2) is 9.33. The van der Waals surface area contributed by atoms with E-state index in [4.69, 9.17) is 8.85 Å². The standard InChI is InChI=1S/C11H27NO2Si/c1-5-6-7-9-12-10-8-11-15(4,13-2)14-3/h12H,5-11H2,1-4H3. The maximum absolute atomic E-state index is 5.42. The van der Waals surface area contributed by atoms with E-state index in [1.165, 1.54) is 19.3 Å². The summed E-state index contributed by atoms with van der Waals surface area (Å²) in [5.41, 5.74) is 0. The Labute approximate surface area is 95.8 Å². The summed E-state index contributed by atoms with van der Waals surface area (Å²) in [6.07, 6.45) is 5.06. The maximum Gasteiger partial charge on any atom is 0.334 e. The van der Waals surface area contributed by atoms with Gasteiger partial charge in [0, 0.05) is 14.2 Å². The van der Waals surface area contributed by atoms with Crippen LogP contribution in [0.5, 0.6) is 0 Å². The van der Waals surface area contributed by atoms with E-state index < -0.39 is 8.56 Å². The van der Waals surface area contributed by atoms with Gasteiger partial charge in [-0.25, -0.2) is 0 Å². The monoisotopic (exact) mass is 233 g/mol. The van der Waals surface area contributed by atoms with Crippen LogP contribution in [0.15, 0.2) is 0 Å². The first-order valence-electron chi connectivity index (χ1n) is 5.99. The molecule has 1 N–H and O–H groups in total. The fourth-order valence-corrected chi connectivity index (χ4v) is 2.84. The molecule has 0 aliphatic carbocycles. The van der Waals surface area contributed by atoms with Crippen molar-refractivity contribution in [2.45, 2.75) is 45.2 Å². The molecular formula is C11H27NO2Si. The Balaban J connectivity index is 3.29. The summed E-state index contributed by atoms with van der Waals surface area (Å²) >= 11 is 0. The summed E-state index contributed by atoms with van der Waals surface area (Å²) in [4.78, 5) is 0. The van der Waals surface area contributed by atoms with Crippen molar-refractivity contribution in [2.24, 2.45) is 0 Å². The molecule has 0 radical (unpaired) electrons. The van der Waals surface area contributed by atoms with E-state index in [1.807, 2.05) is 0 Å². The Kier molecular flexibility index (Phi) is 9.39. The number of rotatable bonds is 10. The average molecular weight is 233 g/mol. The normalized spacial score (nSPS) is 12.0. The van der Waals surface area contributed by atoms with Gasteiger partial charge in [-0.1, -0.05) is 19.8 Å². The molecule has 4 heteroatoms. The quantitative estimate of drug-likeness (QED) is 0.464. The SMILES string of the molecule is CCCCCNCCC[Si](C)(OC)OC. The van der Waals surface area contributed by atoms with Crippen LogP contribution in [0.25, 0.3) is 0 Å². The van der Waals surface area contributed by atoms with Crippen molar-refractivity contribution in [3.05, 3.63) is 0 Å². The largest absolute Gasteiger partial charge is 0.398 e. The van der Waals surface area contributed by atoms with Gasteiger partial charge in [-0.2, -0.15) is 0 Å². The van der Waals surface area contributed by atoms with E-state index in [-0.39, 0.29) is 0 Å². The Morgan fingerprint density at radius 2 is 1.60 bits per heavy atom. The minimum absolute atomic E-state index is 1.07. The van der Waals surface area contributed by atoms with Crippen LogP contribution in [0.2, 0.25) is 12.6 Å². The molecule has 0 saturated heterocycles. The minimum atomic E-state index is -1.81. The fourth-order valence-electron chi connectivity index (χ4n) is 1.45. The first-order chi connectivity index (χ1) is 7.18. The second-order valence-electron chi connectivity index (χ2n) is 4.10. The third-order valence-corrected chi connectivity index (χ3v) is 5.79. The Bertz CT molecular complexity index is 141. The van der Waals surface area contributed by atoms with Crippen LogP contribution in [-0.4, -0.2) is 35.9 Å². The summed E-state index contributed by atoms with van der Waals surface area (Å²) in [5, 5.41) is 3.45. The average Bonchev–Trinajstić information content (AvgIpc) is 2.27. The molecule has 92 valence electrons. The smallest absolute Gasteiger partial charge is 0.334 e. The van der Waals surface area contributed by atoms with E-state index in [0.29, 0.717) is 0 Å². The van der Waals surface area contributed by atoms with Crippen LogP contribution in [0, 0.1) is 0 Å². The van der Waals surface area contributed by atoms with Gasteiger partial charge in [-0.3, -0.25) is 0 Å². The lowest BCUT2D eigenvalue weighted by Crippen LogP contribution is -2.36. The predicted octanol–water partition coefficient (Wildman–Crippen LogP) is 2.52. The van der Waals surface area contributed by atoms with Crippen LogP contribution in [0.4, 0.5) is 0 Å². The summed E-state index contributed by atoms with van der Waals surface area (Å²) in [5.74, 6) is 0. The molecule has 0 aromatic carbocycles. The highest BCUT2D eigenvalue weighted by atomic mass is 28.4. The van der Waals surface area contributed by atoms with E-state index in [2.05, 4.69) is 18.8 Å². The molecule has 0 atom stereocenters. The zero-order chi connectivity index (χ0) is 11.6. The molecule has 0 aliphatic heterocycles. The van der Waals surface area contributed by atoms with Crippen LogP contribution < -0.4 is 5.32 Å². The van der Waals surface area contributed by atoms with E-state index in [0.717, 1.165) is 25.6 Å². The molecule has 0 heterocycles. The molecule has 0 aliphatic rings. The van der Waals surface area contributed by atoms with Crippen LogP contribution in [0.1, 0.15) is 32.6 Å². The Morgan fingerprint density at radius 3 is 2.13 bits per heavy atom. The topological polar surface area (TPSA) is 30.5 Å². The zero-order valence-corrected chi connectivity index (χ0v) is 11.8. The van der Waals surface area contributed by atoms with Gasteiger partial charge >= 0.3 is 8.56 Å². The van der Waals surface area contributed by atoms with Gasteiger partial charge in [0.25, 0.3) is 0 Å². The van der Waals surface area contributed by atoms with Gasteiger partial charge in [-0.05, 0) is 38.5 Å². The zero-order valence-electron chi connectivity index (χ0n) is 10.8. The van der Waals surface area contributed by atoms with E-state index in [9.17, 15) is 0 Å². The van der Waals surface area contributed by atoms with Crippen molar-refractivity contribution in [3.8, 4) is 0 Å². The minimum Gasteiger partial charge on any atom is -0.398 e. The molecule has 0 unspecified atom stereocenters. The van der Waals surface area contributed by atoms with Crippen LogP contribution in [0.3, 0.4) is 0 Å². The van der Waals surface area contributed by atoms with Crippen molar-refractivity contribution < 1.29 is 8.85 Å². The van der Waals surface area contributed by atoms with Crippen LogP contribution in [-0.2, 0) is 8.85 Å². The molecule has 0 amide bonds. The van der Waals surface area contributed by atoms with Gasteiger partial charge in [-0.15, -0.1) is 0 Å². The highest BCUT2D eigenvalue weighted by Gasteiger charge is 2.27. The number of hydrogen-bond donors (Lipinski definition) is 1. The Hall–Kier alpha value is 0.0969. The third-order valence-electron chi connectivity index (χ3n) is 2.81. The van der Waals surface area contributed by atoms with Crippen molar-refractivity contribution >= 4 is 8.56 Å². The molecule has 0 spiro atoms. The van der Waals surface area contributed by atoms with Crippen molar-refractivity contribution in [1.82, 2.24) is 5.32 Å². The van der Waals surface area contributed by atoms with Crippen LogP contribution >= 0.6 is 0 Å². The van der Waals surface area contributed by atoms with Crippen molar-refractivity contribution in [3.63, 3.8) is 0 Å². The van der Waals surface area contributed by atoms with Crippen molar-refractivity contribution in [2.75, 3.05) is 27.3 Å². The summed E-state index contributed by atoms with van der Waals surface area (Å²) in [6, 6.07) is 1.07. The molecule has 15 heavy (non-hydrogen) atoms. The van der Waals surface area contributed by atoms with E-state index >= 15 is 0 Å². The van der Waals surface area contributed by atoms with Crippen molar-refractivity contribution in [1.29, 1.82) is 0 Å². The molecule has 0 saturated carbocycles. The predicted molar refractivity (Wildman–Crippen MR) is 67.5 cm³/mol. The maximum atomic E-state index is 5.42. The molecule has 3 nitrogen and oxygen atoms in total. The highest BCUT2D eigenvalue weighted by Crippen LogP contribution is 2.12. The third kappa shape index (κ3) is 7.96. The van der Waals surface area contributed by atoms with E-state index in [1.54, 1.807) is 14.2 Å². The van der Waals surface area contributed by atoms with Gasteiger partial charge in [0.05, 0.1) is 0 Å². The van der Waals surface area contributed by atoms with Gasteiger partial charge in [0.15, 0.2) is 0 Å². The summed E-state index contributed by atoms with van der Waals surface area (Å²) in [7, 11) is 1.70. The molecule has 0 bridgehead atoms. The first-order valence-corrected chi connectivity index (χ1v) is 8.52. The van der Waals surface area contributed by atoms with Gasteiger partial charge in [0.1, 0.15) is 0 Å². The number of nitrogens with one attached hydrogen (secondary N) is 1. The Morgan fingerprint density at radius 1 is 1.00 bits per heavy atom. The molecule has 0 rings (SSSR count). The summed E-state index contributed by atoms with van der Waals surface area (Å²) in [6.45, 7) is 6.57. The second-order valence-corrected chi connectivity index (χ2v) is 7.69. The molecule has 0 aromatic heterocycles. The highest BCUT2D eigenvalue weighted by molar-refractivity contribution is 6.65. The number of hydrogen-bond acceptors (Lipinski definition) is 3. The molecular weight excluding hydrogens is 206 g/mol. The number of unbranched alkanes of at least 4 members (excludes halogenated alkanes) is 2. The first kappa shape index (κ1) is 15.1. The van der Waals surface area contributed by atoms with Gasteiger partial charge in [0.2, 0.25) is 0 Å². The van der Waals surface area contributed by atoms with Gasteiger partial charge < -0.3 is 14.2 Å².